The summed E-state index contributed by atoms with van der Waals surface area (Å²) in [5.74, 6) is 2.01. The third-order valence-electron chi connectivity index (χ3n) is 2.58. The number of nitrogens with two attached hydrogens (primary N) is 1. The quantitative estimate of drug-likeness (QED) is 0.826. The van der Waals surface area contributed by atoms with Crippen molar-refractivity contribution in [2.24, 2.45) is 10.8 Å². The molecule has 1 aromatic carbocycles. The van der Waals surface area contributed by atoms with Crippen LogP contribution in [0.3, 0.4) is 0 Å². The fourth-order valence-electron chi connectivity index (χ4n) is 1.73. The van der Waals surface area contributed by atoms with Gasteiger partial charge in [-0.25, -0.2) is 0 Å². The number of benzene rings is 1. The number of thioether (sulfide) groups is 1. The van der Waals surface area contributed by atoms with Crippen LogP contribution < -0.4 is 5.73 Å². The Labute approximate surface area is 103 Å². The molecule has 1 aliphatic rings. The van der Waals surface area contributed by atoms with Crippen LogP contribution in [-0.2, 0) is 0 Å². The average Bonchev–Trinajstić information content (AvgIpc) is 2.72. The van der Waals surface area contributed by atoms with Crippen LogP contribution in [-0.4, -0.2) is 26.5 Å². The lowest BCUT2D eigenvalue weighted by Gasteiger charge is -2.11. The van der Waals surface area contributed by atoms with E-state index in [1.807, 2.05) is 31.2 Å². The fraction of sp³-hybridized carbons (Fsp3) is 0.182. The molecule has 2 aromatic rings. The van der Waals surface area contributed by atoms with Gasteiger partial charge in [0.15, 0.2) is 5.82 Å². The van der Waals surface area contributed by atoms with Crippen LogP contribution in [0.15, 0.2) is 34.5 Å². The van der Waals surface area contributed by atoms with E-state index in [-0.39, 0.29) is 0 Å². The molecule has 0 bridgehead atoms. The number of aromatic nitrogens is 3. The van der Waals surface area contributed by atoms with Crippen LogP contribution in [0.2, 0.25) is 0 Å². The van der Waals surface area contributed by atoms with Crippen molar-refractivity contribution in [2.75, 3.05) is 5.75 Å². The molecule has 0 radical (unpaired) electrons. The Morgan fingerprint density at radius 2 is 2.12 bits per heavy atom. The summed E-state index contributed by atoms with van der Waals surface area (Å²) >= 11 is 1.55. The average molecular weight is 245 g/mol. The molecule has 1 aliphatic heterocycles. The number of hydrogen-bond donors (Lipinski definition) is 1. The van der Waals surface area contributed by atoms with Gasteiger partial charge in [-0.05, 0) is 12.5 Å². The second-order valence-corrected chi connectivity index (χ2v) is 4.76. The Hall–Kier alpha value is -1.82. The maximum Gasteiger partial charge on any atom is 0.212 e. The van der Waals surface area contributed by atoms with E-state index in [2.05, 4.69) is 15.3 Å². The van der Waals surface area contributed by atoms with Crippen molar-refractivity contribution in [2.45, 2.75) is 12.1 Å². The van der Waals surface area contributed by atoms with E-state index in [0.717, 1.165) is 22.1 Å². The standard InChI is InChI=1S/C11H11N5S/c1-7-4-2-3-5-8(7)10-13-14-11-16(10)15-9(12)6-17-11/h2-5H,6H2,1H3,(H2,12,15). The normalized spacial score (nSPS) is 14.3. The van der Waals surface area contributed by atoms with Crippen molar-refractivity contribution in [1.82, 2.24) is 14.9 Å². The van der Waals surface area contributed by atoms with Gasteiger partial charge in [0.05, 0.1) is 5.75 Å². The van der Waals surface area contributed by atoms with Gasteiger partial charge in [-0.3, -0.25) is 0 Å². The Balaban J connectivity index is 2.19. The van der Waals surface area contributed by atoms with Crippen molar-refractivity contribution < 1.29 is 0 Å². The molecule has 3 rings (SSSR count). The SMILES string of the molecule is Cc1ccccc1-c1nnc2n1N=C(N)CS2. The van der Waals surface area contributed by atoms with Gasteiger partial charge in [-0.15, -0.1) is 10.2 Å². The Morgan fingerprint density at radius 1 is 1.29 bits per heavy atom. The van der Waals surface area contributed by atoms with Crippen molar-refractivity contribution in [3.05, 3.63) is 29.8 Å². The van der Waals surface area contributed by atoms with E-state index in [0.29, 0.717) is 11.6 Å². The zero-order chi connectivity index (χ0) is 11.8. The van der Waals surface area contributed by atoms with Gasteiger partial charge in [0.2, 0.25) is 5.16 Å². The van der Waals surface area contributed by atoms with Crippen LogP contribution in [0.5, 0.6) is 0 Å². The number of nitrogens with zero attached hydrogens (tertiary/aromatic N) is 4. The maximum absolute atomic E-state index is 5.75. The summed E-state index contributed by atoms with van der Waals surface area (Å²) < 4.78 is 1.71. The first-order chi connectivity index (χ1) is 8.25. The van der Waals surface area contributed by atoms with E-state index in [4.69, 9.17) is 5.73 Å². The third kappa shape index (κ3) is 1.70. The van der Waals surface area contributed by atoms with E-state index in [1.54, 1.807) is 16.4 Å². The molecule has 0 saturated heterocycles. The first-order valence-electron chi connectivity index (χ1n) is 5.23. The molecule has 0 saturated carbocycles. The van der Waals surface area contributed by atoms with Gasteiger partial charge < -0.3 is 5.73 Å². The van der Waals surface area contributed by atoms with E-state index in [1.165, 1.54) is 0 Å². The van der Waals surface area contributed by atoms with Crippen LogP contribution >= 0.6 is 11.8 Å². The molecule has 86 valence electrons. The monoisotopic (exact) mass is 245 g/mol. The Bertz CT molecular complexity index is 602. The number of aryl methyl sites for hydroxylation is 1. The predicted molar refractivity (Wildman–Crippen MR) is 67.9 cm³/mol. The summed E-state index contributed by atoms with van der Waals surface area (Å²) in [5.41, 5.74) is 7.92. The molecule has 0 aliphatic carbocycles. The predicted octanol–water partition coefficient (Wildman–Crippen LogP) is 1.48. The van der Waals surface area contributed by atoms with Gasteiger partial charge in [0.1, 0.15) is 5.84 Å². The molecule has 0 unspecified atom stereocenters. The Morgan fingerprint density at radius 3 is 2.94 bits per heavy atom. The van der Waals surface area contributed by atoms with Crippen molar-refractivity contribution >= 4 is 17.6 Å². The fourth-order valence-corrected chi connectivity index (χ4v) is 2.42. The highest BCUT2D eigenvalue weighted by Gasteiger charge is 2.19. The second-order valence-electron chi connectivity index (χ2n) is 3.81. The minimum Gasteiger partial charge on any atom is -0.385 e. The summed E-state index contributed by atoms with van der Waals surface area (Å²) in [5, 5.41) is 13.4. The van der Waals surface area contributed by atoms with Crippen molar-refractivity contribution in [3.8, 4) is 11.4 Å². The molecule has 2 heterocycles. The zero-order valence-corrected chi connectivity index (χ0v) is 10.1. The zero-order valence-electron chi connectivity index (χ0n) is 9.29. The molecule has 6 heteroatoms. The van der Waals surface area contributed by atoms with Gasteiger partial charge >= 0.3 is 0 Å². The first-order valence-corrected chi connectivity index (χ1v) is 6.22. The summed E-state index contributed by atoms with van der Waals surface area (Å²) in [7, 11) is 0. The molecule has 1 aromatic heterocycles. The van der Waals surface area contributed by atoms with E-state index in [9.17, 15) is 0 Å². The van der Waals surface area contributed by atoms with Gasteiger partial charge in [0.25, 0.3) is 0 Å². The molecule has 0 spiro atoms. The molecular formula is C11H11N5S. The van der Waals surface area contributed by atoms with Crippen LogP contribution in [0.4, 0.5) is 0 Å². The highest BCUT2D eigenvalue weighted by Crippen LogP contribution is 2.27. The van der Waals surface area contributed by atoms with Gasteiger partial charge in [-0.2, -0.15) is 9.78 Å². The molecule has 5 nitrogen and oxygen atoms in total. The van der Waals surface area contributed by atoms with E-state index >= 15 is 0 Å². The molecule has 0 amide bonds. The third-order valence-corrected chi connectivity index (χ3v) is 3.53. The largest absolute Gasteiger partial charge is 0.385 e. The lowest BCUT2D eigenvalue weighted by atomic mass is 10.1. The Kier molecular flexibility index (Phi) is 2.36. The maximum atomic E-state index is 5.75. The highest BCUT2D eigenvalue weighted by molar-refractivity contribution is 7.99. The molecule has 2 N–H and O–H groups in total. The number of amidine groups is 1. The molecule has 0 atom stereocenters. The smallest absolute Gasteiger partial charge is 0.212 e. The van der Waals surface area contributed by atoms with E-state index < -0.39 is 0 Å². The van der Waals surface area contributed by atoms with Crippen molar-refractivity contribution in [3.63, 3.8) is 0 Å². The van der Waals surface area contributed by atoms with Gasteiger partial charge in [-0.1, -0.05) is 36.0 Å². The summed E-state index contributed by atoms with van der Waals surface area (Å²) in [6.07, 6.45) is 0. The number of fused-ring (bicyclic) bond motifs is 1. The van der Waals surface area contributed by atoms with Gasteiger partial charge in [0, 0.05) is 5.56 Å². The summed E-state index contributed by atoms with van der Waals surface area (Å²) in [6, 6.07) is 8.03. The first kappa shape index (κ1) is 10.3. The van der Waals surface area contributed by atoms with Crippen LogP contribution in [0.25, 0.3) is 11.4 Å². The lowest BCUT2D eigenvalue weighted by molar-refractivity contribution is 0.759. The minimum atomic E-state index is 0.595. The summed E-state index contributed by atoms with van der Waals surface area (Å²) in [6.45, 7) is 2.04. The second kappa shape index (κ2) is 3.89. The molecule has 0 fully saturated rings. The van der Waals surface area contributed by atoms with Crippen LogP contribution in [0.1, 0.15) is 5.56 Å². The topological polar surface area (TPSA) is 69.1 Å². The van der Waals surface area contributed by atoms with Crippen LogP contribution in [0, 0.1) is 6.92 Å². The number of rotatable bonds is 1. The highest BCUT2D eigenvalue weighted by atomic mass is 32.2. The molecule has 17 heavy (non-hydrogen) atoms. The number of hydrogen-bond acceptors (Lipinski definition) is 5. The molecular weight excluding hydrogens is 234 g/mol. The summed E-state index contributed by atoms with van der Waals surface area (Å²) in [4.78, 5) is 0. The lowest BCUT2D eigenvalue weighted by Crippen LogP contribution is -2.20. The van der Waals surface area contributed by atoms with Crippen molar-refractivity contribution in [1.29, 1.82) is 0 Å². The minimum absolute atomic E-state index is 0.595.